The predicted molar refractivity (Wildman–Crippen MR) is 125 cm³/mol. The zero-order valence-corrected chi connectivity index (χ0v) is 18.3. The smallest absolute Gasteiger partial charge is 0.432 e. The van der Waals surface area contributed by atoms with Gasteiger partial charge in [0.05, 0.1) is 22.0 Å². The Morgan fingerprint density at radius 2 is 1.54 bits per heavy atom. The van der Waals surface area contributed by atoms with Gasteiger partial charge in [-0.2, -0.15) is 13.2 Å². The molecule has 0 aliphatic heterocycles. The van der Waals surface area contributed by atoms with Crippen LogP contribution in [0, 0.1) is 11.2 Å². The van der Waals surface area contributed by atoms with Crippen LogP contribution in [0.3, 0.4) is 0 Å². The average Bonchev–Trinajstić information content (AvgIpc) is 2.79. The predicted octanol–water partition coefficient (Wildman–Crippen LogP) is 6.46. The Balaban J connectivity index is 1.91. The number of alkyl halides is 3. The molecular formula is C24H16ClF4N3O3. The number of carboxylic acid groups (broad SMARTS) is 1. The van der Waals surface area contributed by atoms with Crippen LogP contribution < -0.4 is 10.6 Å². The molecule has 0 unspecified atom stereocenters. The summed E-state index contributed by atoms with van der Waals surface area (Å²) in [5.41, 5.74) is -1.77. The van der Waals surface area contributed by atoms with Crippen LogP contribution >= 0.6 is 11.6 Å². The van der Waals surface area contributed by atoms with Crippen molar-refractivity contribution < 1.29 is 32.3 Å². The minimum atomic E-state index is -4.89. The molecule has 35 heavy (non-hydrogen) atoms. The van der Waals surface area contributed by atoms with Gasteiger partial charge >= 0.3 is 12.1 Å². The maximum atomic E-state index is 13.5. The van der Waals surface area contributed by atoms with Gasteiger partial charge in [-0.3, -0.25) is 10.2 Å². The number of para-hydroxylation sites is 1. The van der Waals surface area contributed by atoms with Crippen molar-refractivity contribution in [3.05, 3.63) is 100 Å². The number of nitrogens with one attached hydrogen (secondary N) is 3. The first-order chi connectivity index (χ1) is 16.5. The lowest BCUT2D eigenvalue weighted by atomic mass is 10.1. The number of halogens is 5. The quantitative estimate of drug-likeness (QED) is 0.218. The summed E-state index contributed by atoms with van der Waals surface area (Å²) in [7, 11) is 0. The van der Waals surface area contributed by atoms with Crippen LogP contribution in [0.5, 0.6) is 0 Å². The van der Waals surface area contributed by atoms with Crippen LogP contribution in [0.4, 0.5) is 28.9 Å². The Labute approximate surface area is 201 Å². The summed E-state index contributed by atoms with van der Waals surface area (Å²) in [6.07, 6.45) is -4.30. The SMILES string of the molecule is N=C(/C=C(\Nc1ccccc1Cl)c1ccc(C(=O)Nc2cc(F)ccc2C(=O)O)cc1)C(F)(F)F. The zero-order valence-electron chi connectivity index (χ0n) is 17.6. The van der Waals surface area contributed by atoms with E-state index in [2.05, 4.69) is 10.6 Å². The molecule has 0 heterocycles. The highest BCUT2D eigenvalue weighted by Gasteiger charge is 2.33. The lowest BCUT2D eigenvalue weighted by molar-refractivity contribution is -0.0584. The van der Waals surface area contributed by atoms with E-state index < -0.39 is 29.6 Å². The Kier molecular flexibility index (Phi) is 7.55. The number of aromatic carboxylic acids is 1. The molecule has 3 aromatic carbocycles. The molecule has 0 saturated carbocycles. The lowest BCUT2D eigenvalue weighted by Crippen LogP contribution is -2.20. The first kappa shape index (κ1) is 25.4. The standard InChI is InChI=1S/C24H16ClF4N3O3/c25-17-3-1-2-4-18(17)31-19(12-21(30)24(27,28)29)13-5-7-14(8-6-13)22(33)32-20-11-15(26)9-10-16(20)23(34)35/h1-12,30-31H,(H,32,33)(H,34,35)/b19-12-,30-21?. The summed E-state index contributed by atoms with van der Waals surface area (Å²) in [6, 6.07) is 14.3. The fourth-order valence-corrected chi connectivity index (χ4v) is 3.11. The average molecular weight is 506 g/mol. The van der Waals surface area contributed by atoms with Crippen LogP contribution in [0.2, 0.25) is 5.02 Å². The van der Waals surface area contributed by atoms with Gasteiger partial charge in [0.25, 0.3) is 5.91 Å². The third kappa shape index (κ3) is 6.45. The maximum absolute atomic E-state index is 13.5. The second-order valence-electron chi connectivity index (χ2n) is 7.10. The molecule has 3 aromatic rings. The Morgan fingerprint density at radius 1 is 0.914 bits per heavy atom. The van der Waals surface area contributed by atoms with Crippen LogP contribution in [0.1, 0.15) is 26.3 Å². The van der Waals surface area contributed by atoms with E-state index in [0.717, 1.165) is 18.2 Å². The van der Waals surface area contributed by atoms with E-state index in [4.69, 9.17) is 17.0 Å². The van der Waals surface area contributed by atoms with Crippen molar-refractivity contribution in [3.63, 3.8) is 0 Å². The molecule has 0 aliphatic rings. The van der Waals surface area contributed by atoms with Gasteiger partial charge in [-0.25, -0.2) is 9.18 Å². The van der Waals surface area contributed by atoms with Crippen molar-refractivity contribution in [2.24, 2.45) is 0 Å². The molecule has 0 aromatic heterocycles. The second-order valence-corrected chi connectivity index (χ2v) is 7.51. The van der Waals surface area contributed by atoms with Gasteiger partial charge < -0.3 is 15.7 Å². The fraction of sp³-hybridized carbons (Fsp3) is 0.0417. The monoisotopic (exact) mass is 505 g/mol. The van der Waals surface area contributed by atoms with Gasteiger partial charge in [0.1, 0.15) is 11.5 Å². The number of benzene rings is 3. The second kappa shape index (κ2) is 10.4. The minimum Gasteiger partial charge on any atom is -0.478 e. The van der Waals surface area contributed by atoms with Crippen LogP contribution in [0.25, 0.3) is 5.70 Å². The molecule has 0 atom stereocenters. The van der Waals surface area contributed by atoms with Crippen molar-refractivity contribution in [1.29, 1.82) is 5.41 Å². The van der Waals surface area contributed by atoms with Crippen molar-refractivity contribution in [3.8, 4) is 0 Å². The van der Waals surface area contributed by atoms with Gasteiger partial charge in [-0.1, -0.05) is 35.9 Å². The van der Waals surface area contributed by atoms with E-state index in [-0.39, 0.29) is 33.1 Å². The summed E-state index contributed by atoms with van der Waals surface area (Å²) < 4.78 is 52.5. The van der Waals surface area contributed by atoms with Gasteiger partial charge in [0.15, 0.2) is 0 Å². The number of carbonyl (C=O) groups excluding carboxylic acids is 1. The largest absolute Gasteiger partial charge is 0.478 e. The van der Waals surface area contributed by atoms with Gasteiger partial charge in [0, 0.05) is 11.3 Å². The molecule has 180 valence electrons. The van der Waals surface area contributed by atoms with E-state index in [1.165, 1.54) is 36.4 Å². The highest BCUT2D eigenvalue weighted by molar-refractivity contribution is 6.33. The van der Waals surface area contributed by atoms with Crippen LogP contribution in [0.15, 0.2) is 72.8 Å². The molecule has 4 N–H and O–H groups in total. The highest BCUT2D eigenvalue weighted by Crippen LogP contribution is 2.28. The molecule has 0 saturated heterocycles. The molecule has 0 radical (unpaired) electrons. The third-order valence-electron chi connectivity index (χ3n) is 4.66. The van der Waals surface area contributed by atoms with Gasteiger partial charge in [-0.05, 0) is 54.1 Å². The Hall–Kier alpha value is -4.18. The first-order valence-corrected chi connectivity index (χ1v) is 10.2. The van der Waals surface area contributed by atoms with E-state index in [9.17, 15) is 32.3 Å². The van der Waals surface area contributed by atoms with Gasteiger partial charge in [-0.15, -0.1) is 0 Å². The lowest BCUT2D eigenvalue weighted by Gasteiger charge is -2.15. The molecule has 3 rings (SSSR count). The van der Waals surface area contributed by atoms with E-state index >= 15 is 0 Å². The molecule has 1 amide bonds. The number of carboxylic acids is 1. The third-order valence-corrected chi connectivity index (χ3v) is 4.99. The number of rotatable bonds is 7. The van der Waals surface area contributed by atoms with E-state index in [1.807, 2.05) is 0 Å². The van der Waals surface area contributed by atoms with Crippen molar-refractivity contribution in [2.75, 3.05) is 10.6 Å². The topological polar surface area (TPSA) is 102 Å². The highest BCUT2D eigenvalue weighted by atomic mass is 35.5. The number of hydrogen-bond donors (Lipinski definition) is 4. The van der Waals surface area contributed by atoms with E-state index in [0.29, 0.717) is 11.8 Å². The maximum Gasteiger partial charge on any atom is 0.432 e. The number of amides is 1. The number of hydrogen-bond acceptors (Lipinski definition) is 4. The summed E-state index contributed by atoms with van der Waals surface area (Å²) in [5, 5.41) is 21.8. The van der Waals surface area contributed by atoms with Crippen molar-refractivity contribution >= 4 is 46.3 Å². The molecule has 11 heteroatoms. The minimum absolute atomic E-state index is 0.0253. The summed E-state index contributed by atoms with van der Waals surface area (Å²) in [5.74, 6) is -2.89. The van der Waals surface area contributed by atoms with Crippen LogP contribution in [-0.4, -0.2) is 28.9 Å². The molecule has 0 fully saturated rings. The van der Waals surface area contributed by atoms with Crippen molar-refractivity contribution in [1.82, 2.24) is 0 Å². The summed E-state index contributed by atoms with van der Waals surface area (Å²) in [6.45, 7) is 0. The fourth-order valence-electron chi connectivity index (χ4n) is 2.93. The van der Waals surface area contributed by atoms with E-state index in [1.54, 1.807) is 12.1 Å². The first-order valence-electron chi connectivity index (χ1n) is 9.79. The molecule has 0 spiro atoms. The number of carbonyl (C=O) groups is 2. The van der Waals surface area contributed by atoms with Crippen LogP contribution in [-0.2, 0) is 0 Å². The molecule has 0 aliphatic carbocycles. The normalized spacial score (nSPS) is 11.6. The summed E-state index contributed by atoms with van der Waals surface area (Å²) >= 11 is 6.09. The molecule has 0 bridgehead atoms. The summed E-state index contributed by atoms with van der Waals surface area (Å²) in [4.78, 5) is 23.9. The zero-order chi connectivity index (χ0) is 25.8. The van der Waals surface area contributed by atoms with Gasteiger partial charge in [0.2, 0.25) is 0 Å². The molecule has 6 nitrogen and oxygen atoms in total. The Morgan fingerprint density at radius 3 is 2.14 bits per heavy atom. The molecular weight excluding hydrogens is 490 g/mol. The number of anilines is 2. The number of allylic oxidation sites excluding steroid dienone is 1. The Bertz CT molecular complexity index is 1320. The van der Waals surface area contributed by atoms with Crippen molar-refractivity contribution in [2.45, 2.75) is 6.18 Å².